The Bertz CT molecular complexity index is 770. The molecule has 8 heteroatoms. The highest BCUT2D eigenvalue weighted by Gasteiger charge is 2.47. The van der Waals surface area contributed by atoms with Gasteiger partial charge in [0.05, 0.1) is 23.3 Å². The molecule has 0 bridgehead atoms. The summed E-state index contributed by atoms with van der Waals surface area (Å²) in [4.78, 5) is 13.8. The fourth-order valence-corrected chi connectivity index (χ4v) is 6.59. The fourth-order valence-electron chi connectivity index (χ4n) is 4.57. The summed E-state index contributed by atoms with van der Waals surface area (Å²) in [5.41, 5.74) is 1.74. The Labute approximate surface area is 155 Å². The normalized spacial score (nSPS) is 30.8. The Balaban J connectivity index is 1.63. The number of sulfone groups is 1. The van der Waals surface area contributed by atoms with Gasteiger partial charge in [-0.15, -0.1) is 0 Å². The molecular formula is C18H28N4O3S. The van der Waals surface area contributed by atoms with Crippen LogP contribution in [0.4, 0.5) is 5.95 Å². The van der Waals surface area contributed by atoms with Crippen LogP contribution in [-0.2, 0) is 20.3 Å². The maximum Gasteiger partial charge on any atom is 0.225 e. The maximum atomic E-state index is 12.8. The van der Waals surface area contributed by atoms with Gasteiger partial charge in [-0.3, -0.25) is 4.90 Å². The second-order valence-electron chi connectivity index (χ2n) is 7.98. The van der Waals surface area contributed by atoms with Crippen LogP contribution in [0, 0.1) is 5.92 Å². The predicted molar refractivity (Wildman–Crippen MR) is 100 cm³/mol. The topological polar surface area (TPSA) is 75.6 Å². The zero-order valence-electron chi connectivity index (χ0n) is 15.6. The molecule has 2 saturated heterocycles. The van der Waals surface area contributed by atoms with E-state index in [2.05, 4.69) is 21.7 Å². The molecule has 0 radical (unpaired) electrons. The van der Waals surface area contributed by atoms with Gasteiger partial charge in [0.2, 0.25) is 5.95 Å². The summed E-state index contributed by atoms with van der Waals surface area (Å²) >= 11 is 0. The first kappa shape index (κ1) is 18.1. The van der Waals surface area contributed by atoms with Crippen molar-refractivity contribution in [3.05, 3.63) is 17.5 Å². The summed E-state index contributed by atoms with van der Waals surface area (Å²) in [5, 5.41) is -0.352. The number of fused-ring (bicyclic) bond motifs is 3. The third-order valence-electron chi connectivity index (χ3n) is 5.95. The van der Waals surface area contributed by atoms with Crippen molar-refractivity contribution in [3.63, 3.8) is 0 Å². The quantitative estimate of drug-likeness (QED) is 0.773. The van der Waals surface area contributed by atoms with Crippen molar-refractivity contribution in [2.75, 3.05) is 51.3 Å². The van der Waals surface area contributed by atoms with E-state index in [9.17, 15) is 8.42 Å². The molecule has 1 aromatic rings. The Kier molecular flexibility index (Phi) is 4.92. The number of ether oxygens (including phenoxy) is 1. The number of anilines is 1. The molecule has 3 atom stereocenters. The van der Waals surface area contributed by atoms with Gasteiger partial charge in [-0.1, -0.05) is 6.92 Å². The van der Waals surface area contributed by atoms with Crippen LogP contribution in [0.5, 0.6) is 0 Å². The van der Waals surface area contributed by atoms with E-state index in [4.69, 9.17) is 9.72 Å². The second-order valence-corrected chi connectivity index (χ2v) is 10.2. The molecule has 3 aliphatic rings. The molecule has 0 amide bonds. The van der Waals surface area contributed by atoms with E-state index < -0.39 is 9.84 Å². The predicted octanol–water partition coefficient (Wildman–Crippen LogP) is 1.06. The Morgan fingerprint density at radius 3 is 2.92 bits per heavy atom. The molecule has 26 heavy (non-hydrogen) atoms. The summed E-state index contributed by atoms with van der Waals surface area (Å²) in [6.07, 6.45) is 4.16. The largest absolute Gasteiger partial charge is 0.383 e. The van der Waals surface area contributed by atoms with Crippen molar-refractivity contribution in [3.8, 4) is 0 Å². The third kappa shape index (κ3) is 3.34. The van der Waals surface area contributed by atoms with Gasteiger partial charge in [-0.2, -0.15) is 0 Å². The summed E-state index contributed by atoms with van der Waals surface area (Å²) in [6.45, 7) is 6.91. The monoisotopic (exact) mass is 380 g/mol. The van der Waals surface area contributed by atoms with Crippen molar-refractivity contribution in [1.82, 2.24) is 14.9 Å². The third-order valence-corrected chi connectivity index (χ3v) is 8.06. The summed E-state index contributed by atoms with van der Waals surface area (Å²) in [5.74, 6) is 1.43. The van der Waals surface area contributed by atoms with E-state index in [0.717, 1.165) is 49.8 Å². The van der Waals surface area contributed by atoms with Crippen molar-refractivity contribution in [2.45, 2.75) is 36.7 Å². The van der Waals surface area contributed by atoms with E-state index >= 15 is 0 Å². The number of nitrogens with zero attached hydrogens (tertiary/aromatic N) is 4. The van der Waals surface area contributed by atoms with Crippen LogP contribution >= 0.6 is 0 Å². The smallest absolute Gasteiger partial charge is 0.225 e. The van der Waals surface area contributed by atoms with Gasteiger partial charge < -0.3 is 9.64 Å². The molecule has 0 N–H and O–H groups in total. The molecule has 0 aromatic carbocycles. The van der Waals surface area contributed by atoms with E-state index in [-0.39, 0.29) is 16.9 Å². The Hall–Kier alpha value is -1.25. The summed E-state index contributed by atoms with van der Waals surface area (Å²) < 4.78 is 30.7. The summed E-state index contributed by atoms with van der Waals surface area (Å²) in [6, 6.07) is 0. The van der Waals surface area contributed by atoms with Gasteiger partial charge >= 0.3 is 0 Å². The number of hydrogen-bond donors (Lipinski definition) is 0. The van der Waals surface area contributed by atoms with Crippen LogP contribution in [0.2, 0.25) is 0 Å². The number of hydrogen-bond acceptors (Lipinski definition) is 7. The molecule has 2 fully saturated rings. The van der Waals surface area contributed by atoms with Crippen molar-refractivity contribution in [2.24, 2.45) is 5.92 Å². The number of methoxy groups -OCH3 is 1. The number of rotatable bonds is 4. The minimum Gasteiger partial charge on any atom is -0.383 e. The average molecular weight is 381 g/mol. The minimum absolute atomic E-state index is 0.0513. The van der Waals surface area contributed by atoms with Gasteiger partial charge in [0.15, 0.2) is 9.84 Å². The molecular weight excluding hydrogens is 352 g/mol. The van der Waals surface area contributed by atoms with E-state index in [0.29, 0.717) is 19.1 Å². The number of aromatic nitrogens is 2. The van der Waals surface area contributed by atoms with Gasteiger partial charge in [0.25, 0.3) is 0 Å². The molecule has 0 spiro atoms. The lowest BCUT2D eigenvalue weighted by atomic mass is 9.99. The first-order valence-corrected chi connectivity index (χ1v) is 11.2. The van der Waals surface area contributed by atoms with Crippen LogP contribution < -0.4 is 4.90 Å². The van der Waals surface area contributed by atoms with Gasteiger partial charge in [0, 0.05) is 57.5 Å². The molecule has 0 saturated carbocycles. The van der Waals surface area contributed by atoms with E-state index in [1.165, 1.54) is 6.42 Å². The molecule has 0 aliphatic carbocycles. The van der Waals surface area contributed by atoms with Crippen LogP contribution in [0.1, 0.15) is 36.9 Å². The van der Waals surface area contributed by atoms with Crippen LogP contribution in [0.15, 0.2) is 6.20 Å². The second kappa shape index (κ2) is 7.05. The lowest BCUT2D eigenvalue weighted by molar-refractivity contribution is 0.160. The van der Waals surface area contributed by atoms with Gasteiger partial charge in [-0.05, 0) is 18.8 Å². The van der Waals surface area contributed by atoms with Crippen molar-refractivity contribution >= 4 is 15.8 Å². The molecule has 7 nitrogen and oxygen atoms in total. The molecule has 1 aromatic heterocycles. The number of likely N-dealkylation sites (tertiary alicyclic amines) is 1. The molecule has 3 aliphatic heterocycles. The average Bonchev–Trinajstić information content (AvgIpc) is 3.05. The summed E-state index contributed by atoms with van der Waals surface area (Å²) in [7, 11) is -1.48. The fraction of sp³-hybridized carbons (Fsp3) is 0.778. The lowest BCUT2D eigenvalue weighted by Gasteiger charge is -2.32. The SMILES string of the molecule is COCCN1C[C@@H]2c3nc(N4CCC[C@H](C)C4)ncc3CS(=O)(=O)[C@@H]2C1. The Morgan fingerprint density at radius 2 is 2.15 bits per heavy atom. The van der Waals surface area contributed by atoms with Crippen molar-refractivity contribution < 1.29 is 13.2 Å². The van der Waals surface area contributed by atoms with Crippen molar-refractivity contribution in [1.29, 1.82) is 0 Å². The zero-order valence-corrected chi connectivity index (χ0v) is 16.4. The molecule has 0 unspecified atom stereocenters. The molecule has 4 heterocycles. The lowest BCUT2D eigenvalue weighted by Crippen LogP contribution is -2.38. The maximum absolute atomic E-state index is 12.8. The van der Waals surface area contributed by atoms with Crippen LogP contribution in [-0.4, -0.2) is 75.0 Å². The zero-order chi connectivity index (χ0) is 18.3. The standard InChI is InChI=1S/C18H28N4O3S/c1-13-4-3-5-22(9-13)18-19-8-14-12-26(23,24)16-11-21(6-7-25-2)10-15(16)17(14)20-18/h8,13,15-16H,3-7,9-12H2,1-2H3/t13-,15-,16+/m0/s1. The highest BCUT2D eigenvalue weighted by atomic mass is 32.2. The van der Waals surface area contributed by atoms with E-state index in [1.807, 2.05) is 0 Å². The van der Waals surface area contributed by atoms with Crippen LogP contribution in [0.3, 0.4) is 0 Å². The highest BCUT2D eigenvalue weighted by molar-refractivity contribution is 7.91. The highest BCUT2D eigenvalue weighted by Crippen LogP contribution is 2.39. The Morgan fingerprint density at radius 1 is 1.31 bits per heavy atom. The van der Waals surface area contributed by atoms with Crippen LogP contribution in [0.25, 0.3) is 0 Å². The first-order chi connectivity index (χ1) is 12.5. The number of piperidine rings is 1. The van der Waals surface area contributed by atoms with E-state index in [1.54, 1.807) is 13.3 Å². The molecule has 4 rings (SSSR count). The minimum atomic E-state index is -3.15. The van der Waals surface area contributed by atoms with Gasteiger partial charge in [0.1, 0.15) is 0 Å². The first-order valence-electron chi connectivity index (χ1n) is 9.51. The molecule has 144 valence electrons. The van der Waals surface area contributed by atoms with Gasteiger partial charge in [-0.25, -0.2) is 18.4 Å².